The number of aromatic carboxylic acids is 1. The van der Waals surface area contributed by atoms with E-state index in [9.17, 15) is 4.79 Å². The third-order valence-corrected chi connectivity index (χ3v) is 2.89. The molecule has 1 heterocycles. The monoisotopic (exact) mass is 292 g/mol. The van der Waals surface area contributed by atoms with E-state index < -0.39 is 5.97 Å². The first-order chi connectivity index (χ1) is 10.1. The van der Waals surface area contributed by atoms with Crippen molar-refractivity contribution in [2.45, 2.75) is 13.1 Å². The van der Waals surface area contributed by atoms with Crippen LogP contribution in [0.2, 0.25) is 0 Å². The van der Waals surface area contributed by atoms with Gasteiger partial charge in [0.15, 0.2) is 11.5 Å². The zero-order valence-electron chi connectivity index (χ0n) is 11.8. The van der Waals surface area contributed by atoms with Crippen LogP contribution < -0.4 is 14.8 Å². The van der Waals surface area contributed by atoms with E-state index >= 15 is 0 Å². The van der Waals surface area contributed by atoms with Gasteiger partial charge in [-0.15, -0.1) is 0 Å². The summed E-state index contributed by atoms with van der Waals surface area (Å²) in [5, 5.41) is 15.3. The Hall–Kier alpha value is -2.54. The molecule has 0 saturated carbocycles. The molecule has 0 atom stereocenters. The van der Waals surface area contributed by atoms with Crippen molar-refractivity contribution in [2.75, 3.05) is 14.2 Å². The number of methoxy groups -OCH3 is 2. The number of carboxylic acid groups (broad SMARTS) is 1. The first-order valence-corrected chi connectivity index (χ1v) is 6.24. The van der Waals surface area contributed by atoms with Crippen molar-refractivity contribution in [3.8, 4) is 11.5 Å². The number of hydrogen-bond acceptors (Lipinski definition) is 6. The lowest BCUT2D eigenvalue weighted by Crippen LogP contribution is -2.13. The number of rotatable bonds is 7. The molecule has 2 N–H and O–H groups in total. The van der Waals surface area contributed by atoms with Crippen LogP contribution in [0.5, 0.6) is 11.5 Å². The SMILES string of the molecule is COc1ccc(CNCc2cc(C(=O)O)no2)c(OC)c1. The predicted molar refractivity (Wildman–Crippen MR) is 73.6 cm³/mol. The molecule has 7 nitrogen and oxygen atoms in total. The highest BCUT2D eigenvalue weighted by Gasteiger charge is 2.10. The van der Waals surface area contributed by atoms with Gasteiger partial charge in [0.05, 0.1) is 20.8 Å². The summed E-state index contributed by atoms with van der Waals surface area (Å²) in [5.41, 5.74) is 0.852. The molecule has 2 aromatic rings. The van der Waals surface area contributed by atoms with Crippen LogP contribution in [0.4, 0.5) is 0 Å². The number of carboxylic acids is 1. The third kappa shape index (κ3) is 3.73. The van der Waals surface area contributed by atoms with Gasteiger partial charge in [0.2, 0.25) is 0 Å². The van der Waals surface area contributed by atoms with E-state index in [0.717, 1.165) is 11.3 Å². The van der Waals surface area contributed by atoms with Crippen LogP contribution in [-0.4, -0.2) is 30.5 Å². The first kappa shape index (κ1) is 14.9. The molecule has 0 fully saturated rings. The maximum Gasteiger partial charge on any atom is 0.358 e. The Morgan fingerprint density at radius 2 is 2.10 bits per heavy atom. The second-order valence-corrected chi connectivity index (χ2v) is 4.26. The summed E-state index contributed by atoms with van der Waals surface area (Å²) in [6.45, 7) is 0.908. The Morgan fingerprint density at radius 1 is 1.29 bits per heavy atom. The maximum absolute atomic E-state index is 10.7. The van der Waals surface area contributed by atoms with Gasteiger partial charge in [0, 0.05) is 24.2 Å². The molecule has 2 rings (SSSR count). The molecule has 0 spiro atoms. The molecule has 0 bridgehead atoms. The lowest BCUT2D eigenvalue weighted by atomic mass is 10.2. The van der Waals surface area contributed by atoms with E-state index in [2.05, 4.69) is 10.5 Å². The summed E-state index contributed by atoms with van der Waals surface area (Å²) in [7, 11) is 3.19. The van der Waals surface area contributed by atoms with Crippen molar-refractivity contribution in [3.63, 3.8) is 0 Å². The summed E-state index contributed by atoms with van der Waals surface area (Å²) >= 11 is 0. The zero-order valence-corrected chi connectivity index (χ0v) is 11.8. The molecule has 0 amide bonds. The molecule has 0 aliphatic carbocycles. The average molecular weight is 292 g/mol. The number of ether oxygens (including phenoxy) is 2. The van der Waals surface area contributed by atoms with E-state index in [0.29, 0.717) is 24.6 Å². The van der Waals surface area contributed by atoms with E-state index in [1.54, 1.807) is 20.3 Å². The Kier molecular flexibility index (Phi) is 4.78. The fourth-order valence-corrected chi connectivity index (χ4v) is 1.82. The largest absolute Gasteiger partial charge is 0.497 e. The standard InChI is InChI=1S/C14H16N2O5/c1-19-10-4-3-9(13(6-10)20-2)7-15-8-11-5-12(14(17)18)16-21-11/h3-6,15H,7-8H2,1-2H3,(H,17,18). The Morgan fingerprint density at radius 3 is 2.71 bits per heavy atom. The number of aromatic nitrogens is 1. The lowest BCUT2D eigenvalue weighted by molar-refractivity contribution is 0.0685. The fraction of sp³-hybridized carbons (Fsp3) is 0.286. The minimum atomic E-state index is -1.11. The average Bonchev–Trinajstić information content (AvgIpc) is 2.96. The van der Waals surface area contributed by atoms with E-state index in [1.165, 1.54) is 6.07 Å². The van der Waals surface area contributed by atoms with Gasteiger partial charge in [-0.2, -0.15) is 0 Å². The summed E-state index contributed by atoms with van der Waals surface area (Å²) in [6, 6.07) is 6.93. The van der Waals surface area contributed by atoms with Crippen LogP contribution in [0.15, 0.2) is 28.8 Å². The highest BCUT2D eigenvalue weighted by molar-refractivity contribution is 5.85. The Balaban J connectivity index is 1.94. The first-order valence-electron chi connectivity index (χ1n) is 6.24. The molecule has 0 unspecified atom stereocenters. The van der Waals surface area contributed by atoms with Crippen LogP contribution in [0.25, 0.3) is 0 Å². The number of benzene rings is 1. The number of carbonyl (C=O) groups is 1. The molecular weight excluding hydrogens is 276 g/mol. The van der Waals surface area contributed by atoms with Crippen molar-refractivity contribution < 1.29 is 23.9 Å². The highest BCUT2D eigenvalue weighted by Crippen LogP contribution is 2.24. The van der Waals surface area contributed by atoms with Crippen LogP contribution in [0.1, 0.15) is 21.8 Å². The van der Waals surface area contributed by atoms with Gasteiger partial charge < -0.3 is 24.4 Å². The number of nitrogens with one attached hydrogen (secondary N) is 1. The minimum Gasteiger partial charge on any atom is -0.497 e. The van der Waals surface area contributed by atoms with E-state index in [1.807, 2.05) is 12.1 Å². The van der Waals surface area contributed by atoms with Gasteiger partial charge in [0.25, 0.3) is 0 Å². The van der Waals surface area contributed by atoms with Crippen molar-refractivity contribution in [1.82, 2.24) is 10.5 Å². The molecule has 0 aliphatic rings. The summed E-state index contributed by atoms with van der Waals surface area (Å²) in [4.78, 5) is 10.7. The quantitative estimate of drug-likeness (QED) is 0.801. The number of nitrogens with zero attached hydrogens (tertiary/aromatic N) is 1. The highest BCUT2D eigenvalue weighted by atomic mass is 16.5. The summed E-state index contributed by atoms with van der Waals surface area (Å²) in [5.74, 6) is 0.782. The minimum absolute atomic E-state index is 0.103. The fourth-order valence-electron chi connectivity index (χ4n) is 1.82. The van der Waals surface area contributed by atoms with Gasteiger partial charge in [0.1, 0.15) is 11.5 Å². The molecule has 1 aromatic carbocycles. The van der Waals surface area contributed by atoms with Crippen molar-refractivity contribution in [2.24, 2.45) is 0 Å². The molecule has 0 aliphatic heterocycles. The summed E-state index contributed by atoms with van der Waals surface area (Å²) in [6.07, 6.45) is 0. The zero-order chi connectivity index (χ0) is 15.2. The molecule has 21 heavy (non-hydrogen) atoms. The van der Waals surface area contributed by atoms with Gasteiger partial charge in [-0.25, -0.2) is 4.79 Å². The van der Waals surface area contributed by atoms with Crippen molar-refractivity contribution in [1.29, 1.82) is 0 Å². The normalized spacial score (nSPS) is 10.4. The van der Waals surface area contributed by atoms with Crippen LogP contribution in [-0.2, 0) is 13.1 Å². The smallest absolute Gasteiger partial charge is 0.358 e. The van der Waals surface area contributed by atoms with Gasteiger partial charge >= 0.3 is 5.97 Å². The van der Waals surface area contributed by atoms with Gasteiger partial charge in [-0.1, -0.05) is 11.2 Å². The molecule has 7 heteroatoms. The predicted octanol–water partition coefficient (Wildman–Crippen LogP) is 1.68. The van der Waals surface area contributed by atoms with Crippen molar-refractivity contribution in [3.05, 3.63) is 41.3 Å². The molecule has 1 aromatic heterocycles. The Bertz CT molecular complexity index is 624. The van der Waals surface area contributed by atoms with Crippen LogP contribution in [0.3, 0.4) is 0 Å². The third-order valence-electron chi connectivity index (χ3n) is 2.89. The second kappa shape index (κ2) is 6.76. The van der Waals surface area contributed by atoms with Crippen LogP contribution in [0, 0.1) is 0 Å². The molecule has 112 valence electrons. The van der Waals surface area contributed by atoms with E-state index in [4.69, 9.17) is 19.1 Å². The van der Waals surface area contributed by atoms with Gasteiger partial charge in [-0.05, 0) is 6.07 Å². The number of hydrogen-bond donors (Lipinski definition) is 2. The van der Waals surface area contributed by atoms with Gasteiger partial charge in [-0.3, -0.25) is 0 Å². The van der Waals surface area contributed by atoms with Crippen LogP contribution >= 0.6 is 0 Å². The topological polar surface area (TPSA) is 93.8 Å². The maximum atomic E-state index is 10.7. The summed E-state index contributed by atoms with van der Waals surface area (Å²) < 4.78 is 15.3. The lowest BCUT2D eigenvalue weighted by Gasteiger charge is -2.10. The Labute approximate surface area is 121 Å². The van der Waals surface area contributed by atoms with E-state index in [-0.39, 0.29) is 5.69 Å². The van der Waals surface area contributed by atoms with Crippen molar-refractivity contribution >= 4 is 5.97 Å². The second-order valence-electron chi connectivity index (χ2n) is 4.26. The molecule has 0 radical (unpaired) electrons. The molecular formula is C14H16N2O5. The molecule has 0 saturated heterocycles.